The van der Waals surface area contributed by atoms with E-state index in [4.69, 9.17) is 0 Å². The van der Waals surface area contributed by atoms with E-state index in [0.717, 1.165) is 11.1 Å². The summed E-state index contributed by atoms with van der Waals surface area (Å²) >= 11 is 0. The van der Waals surface area contributed by atoms with Gasteiger partial charge in [-0.15, -0.1) is 0 Å². The average Bonchev–Trinajstić information content (AvgIpc) is 2.74. The maximum Gasteiger partial charge on any atom is 0.148 e. The van der Waals surface area contributed by atoms with Gasteiger partial charge in [-0.3, -0.25) is 0 Å². The molecule has 4 N–H and O–H groups in total. The Bertz CT molecular complexity index is 775. The van der Waals surface area contributed by atoms with Gasteiger partial charge in [0.05, 0.1) is 0 Å². The van der Waals surface area contributed by atoms with Gasteiger partial charge in [-0.25, -0.2) is 0 Å². The lowest BCUT2D eigenvalue weighted by Crippen LogP contribution is -2.46. The highest BCUT2D eigenvalue weighted by Gasteiger charge is 2.60. The molecule has 1 aliphatic rings. The summed E-state index contributed by atoms with van der Waals surface area (Å²) in [4.78, 5) is 0. The van der Waals surface area contributed by atoms with Gasteiger partial charge in [-0.05, 0) is 24.0 Å². The maximum atomic E-state index is 13.3. The van der Waals surface area contributed by atoms with Crippen LogP contribution in [0.2, 0.25) is 0 Å². The second-order valence-corrected chi connectivity index (χ2v) is 13.7. The fourth-order valence-electron chi connectivity index (χ4n) is 3.64. The summed E-state index contributed by atoms with van der Waals surface area (Å²) in [6.45, 7) is 0. The van der Waals surface area contributed by atoms with Crippen molar-refractivity contribution in [3.8, 4) is 0 Å². The molecule has 28 heavy (non-hydrogen) atoms. The predicted molar refractivity (Wildman–Crippen MR) is 109 cm³/mol. The summed E-state index contributed by atoms with van der Waals surface area (Å²) in [7, 11) is -7.62. The molecular formula is C20H26O6P2. The van der Waals surface area contributed by atoms with Gasteiger partial charge in [0, 0.05) is 12.3 Å². The van der Waals surface area contributed by atoms with Crippen molar-refractivity contribution in [3.63, 3.8) is 0 Å². The van der Waals surface area contributed by atoms with Crippen LogP contribution in [-0.2, 0) is 22.0 Å². The maximum absolute atomic E-state index is 13.3. The van der Waals surface area contributed by atoms with Crippen molar-refractivity contribution >= 4 is 14.3 Å². The van der Waals surface area contributed by atoms with E-state index in [1.54, 1.807) is 0 Å². The number of hydrogen-bond acceptors (Lipinski definition) is 6. The first-order chi connectivity index (χ1) is 13.3. The van der Waals surface area contributed by atoms with Gasteiger partial charge >= 0.3 is 0 Å². The predicted octanol–water partition coefficient (Wildman–Crippen LogP) is 2.49. The molecule has 152 valence electrons. The smallest absolute Gasteiger partial charge is 0.148 e. The highest BCUT2D eigenvalue weighted by molar-refractivity contribution is 7.72. The quantitative estimate of drug-likeness (QED) is 0.530. The van der Waals surface area contributed by atoms with E-state index in [9.17, 15) is 29.6 Å². The van der Waals surface area contributed by atoms with E-state index < -0.39 is 37.7 Å². The topological polar surface area (TPSA) is 115 Å². The molecule has 0 spiro atoms. The second-order valence-electron chi connectivity index (χ2n) is 7.28. The first-order valence-electron chi connectivity index (χ1n) is 9.26. The summed E-state index contributed by atoms with van der Waals surface area (Å²) in [6, 6.07) is 18.3. The summed E-state index contributed by atoms with van der Waals surface area (Å²) in [6.07, 6.45) is 0.429. The highest BCUT2D eigenvalue weighted by atomic mass is 31.2. The molecule has 6 nitrogen and oxygen atoms in total. The molecule has 0 aliphatic carbocycles. The van der Waals surface area contributed by atoms with Crippen LogP contribution >= 0.6 is 14.3 Å². The third kappa shape index (κ3) is 4.04. The highest BCUT2D eigenvalue weighted by Crippen LogP contribution is 2.72. The van der Waals surface area contributed by atoms with E-state index >= 15 is 0 Å². The Morgan fingerprint density at radius 1 is 0.571 bits per heavy atom. The molecule has 0 bridgehead atoms. The molecule has 4 atom stereocenters. The van der Waals surface area contributed by atoms with E-state index in [2.05, 4.69) is 0 Å². The number of aliphatic hydroxyl groups is 4. The Labute approximate surface area is 164 Å². The molecular weight excluding hydrogens is 398 g/mol. The molecule has 0 aromatic heterocycles. The van der Waals surface area contributed by atoms with Crippen molar-refractivity contribution in [2.24, 2.45) is 0 Å². The second kappa shape index (κ2) is 8.62. The molecule has 1 aliphatic heterocycles. The minimum absolute atomic E-state index is 0.0911. The van der Waals surface area contributed by atoms with Crippen LogP contribution in [0.25, 0.3) is 0 Å². The molecule has 4 unspecified atom stereocenters. The van der Waals surface area contributed by atoms with Crippen molar-refractivity contribution < 1.29 is 29.6 Å². The lowest BCUT2D eigenvalue weighted by molar-refractivity contribution is 0.0624. The summed E-state index contributed by atoms with van der Waals surface area (Å²) in [5, 5.41) is 42.2. The van der Waals surface area contributed by atoms with Gasteiger partial charge in [-0.1, -0.05) is 60.7 Å². The lowest BCUT2D eigenvalue weighted by Gasteiger charge is -2.44. The molecule has 3 rings (SSSR count). The number of benzene rings is 2. The van der Waals surface area contributed by atoms with Crippen LogP contribution in [0.3, 0.4) is 0 Å². The van der Waals surface area contributed by atoms with Crippen molar-refractivity contribution in [2.75, 3.05) is 12.3 Å². The van der Waals surface area contributed by atoms with Crippen molar-refractivity contribution in [1.29, 1.82) is 0 Å². The molecule has 1 saturated heterocycles. The Balaban J connectivity index is 1.78. The number of hydrogen-bond donors (Lipinski definition) is 4. The molecule has 0 saturated carbocycles. The molecule has 8 heteroatoms. The number of rotatable bonds is 6. The van der Waals surface area contributed by atoms with E-state index in [1.807, 2.05) is 60.7 Å². The van der Waals surface area contributed by atoms with Crippen LogP contribution in [0.5, 0.6) is 0 Å². The van der Waals surface area contributed by atoms with E-state index in [1.165, 1.54) is 0 Å². The fraction of sp³-hybridized carbons (Fsp3) is 0.400. The van der Waals surface area contributed by atoms with Crippen LogP contribution in [-0.4, -0.2) is 56.1 Å². The lowest BCUT2D eigenvalue weighted by atomic mass is 10.2. The van der Waals surface area contributed by atoms with Crippen molar-refractivity contribution in [2.45, 2.75) is 36.2 Å². The zero-order valence-corrected chi connectivity index (χ0v) is 17.2. The van der Waals surface area contributed by atoms with Crippen LogP contribution in [0.1, 0.15) is 11.1 Å². The minimum atomic E-state index is -3.81. The third-order valence-electron chi connectivity index (χ3n) is 5.51. The summed E-state index contributed by atoms with van der Waals surface area (Å²) in [5.41, 5.74) is 1.72. The van der Waals surface area contributed by atoms with Gasteiger partial charge in [-0.2, -0.15) is 0 Å². The molecule has 2 aromatic carbocycles. The average molecular weight is 424 g/mol. The zero-order chi connectivity index (χ0) is 20.4. The van der Waals surface area contributed by atoms with Crippen molar-refractivity contribution in [1.82, 2.24) is 0 Å². The Morgan fingerprint density at radius 2 is 0.857 bits per heavy atom. The van der Waals surface area contributed by atoms with Crippen LogP contribution < -0.4 is 0 Å². The first-order valence-corrected chi connectivity index (χ1v) is 13.3. The largest absolute Gasteiger partial charge is 0.382 e. The van der Waals surface area contributed by atoms with Crippen molar-refractivity contribution in [3.05, 3.63) is 71.8 Å². The monoisotopic (exact) mass is 424 g/mol. The Hall–Kier alpha value is -1.26. The minimum Gasteiger partial charge on any atom is -0.382 e. The van der Waals surface area contributed by atoms with Crippen LogP contribution in [0, 0.1) is 0 Å². The Kier molecular flexibility index (Phi) is 6.61. The van der Waals surface area contributed by atoms with Gasteiger partial charge in [0.2, 0.25) is 0 Å². The van der Waals surface area contributed by atoms with E-state index in [0.29, 0.717) is 12.8 Å². The molecule has 2 aromatic rings. The summed E-state index contributed by atoms with van der Waals surface area (Å²) < 4.78 is 26.6. The van der Waals surface area contributed by atoms with Gasteiger partial charge in [0.25, 0.3) is 0 Å². The summed E-state index contributed by atoms with van der Waals surface area (Å²) in [5.74, 6) is -7.29. The Morgan fingerprint density at radius 3 is 1.14 bits per heavy atom. The number of aryl methyl sites for hydroxylation is 2. The van der Waals surface area contributed by atoms with Gasteiger partial charge in [0.15, 0.2) is 0 Å². The number of aliphatic hydroxyl groups excluding tert-OH is 4. The van der Waals surface area contributed by atoms with Crippen LogP contribution in [0.4, 0.5) is 0 Å². The van der Waals surface area contributed by atoms with Gasteiger partial charge < -0.3 is 29.6 Å². The zero-order valence-electron chi connectivity index (χ0n) is 15.4. The van der Waals surface area contributed by atoms with Crippen LogP contribution in [0.15, 0.2) is 60.7 Å². The standard InChI is InChI=1S/C20H26O6P2/c21-17-19(23)28(26,14-12-16-9-5-2-6-10-16)20(24)18(22)27(17,25)13-11-15-7-3-1-4-8-15/h1-10,17-24H,11-14H2. The SMILES string of the molecule is O=P1(CCc2ccccc2)C(O)C(O)P(=O)(CCc2ccccc2)C(O)C1O. The molecule has 1 heterocycles. The normalized spacial score (nSPS) is 35.6. The molecule has 0 amide bonds. The molecule has 1 fully saturated rings. The fourth-order valence-corrected chi connectivity index (χ4v) is 11.1. The molecule has 0 radical (unpaired) electrons. The van der Waals surface area contributed by atoms with Gasteiger partial charge in [0.1, 0.15) is 37.7 Å². The third-order valence-corrected chi connectivity index (χ3v) is 12.5. The van der Waals surface area contributed by atoms with E-state index in [-0.39, 0.29) is 12.3 Å². The first kappa shape index (κ1) is 21.4.